The van der Waals surface area contributed by atoms with Gasteiger partial charge < -0.3 is 15.8 Å². The minimum absolute atomic E-state index is 0.0795. The van der Waals surface area contributed by atoms with Crippen molar-refractivity contribution in [3.63, 3.8) is 0 Å². The number of hydrogen-bond acceptors (Lipinski definition) is 3. The molecule has 3 N–H and O–H groups in total. The Balaban J connectivity index is 2.46. The van der Waals surface area contributed by atoms with Gasteiger partial charge >= 0.3 is 0 Å². The standard InChI is InChI=1S/C8H15N3O2/c1-2-11(5-7(9)10-13)8(12)6-3-4-6/h6,13H,2-5H2,1H3,(H2,9,10). The molecule has 1 amide bonds. The molecule has 0 aromatic rings. The number of amidine groups is 1. The minimum Gasteiger partial charge on any atom is -0.409 e. The average Bonchev–Trinajstić information content (AvgIpc) is 2.95. The van der Waals surface area contributed by atoms with Crippen molar-refractivity contribution in [3.05, 3.63) is 0 Å². The molecule has 0 aliphatic heterocycles. The van der Waals surface area contributed by atoms with Gasteiger partial charge in [-0.1, -0.05) is 5.16 Å². The van der Waals surface area contributed by atoms with E-state index in [9.17, 15) is 4.79 Å². The number of carbonyl (C=O) groups excluding carboxylic acids is 1. The first-order valence-electron chi connectivity index (χ1n) is 4.44. The monoisotopic (exact) mass is 185 g/mol. The number of hydrogen-bond donors (Lipinski definition) is 2. The highest BCUT2D eigenvalue weighted by Gasteiger charge is 2.32. The van der Waals surface area contributed by atoms with E-state index in [1.165, 1.54) is 0 Å². The normalized spacial score (nSPS) is 17.2. The van der Waals surface area contributed by atoms with Crippen LogP contribution in [0, 0.1) is 5.92 Å². The molecule has 0 atom stereocenters. The molecule has 0 saturated heterocycles. The van der Waals surface area contributed by atoms with Crippen LogP contribution in [-0.2, 0) is 4.79 Å². The second-order valence-electron chi connectivity index (χ2n) is 3.22. The molecule has 0 radical (unpaired) electrons. The molecule has 1 aliphatic rings. The summed E-state index contributed by atoms with van der Waals surface area (Å²) in [5.41, 5.74) is 5.31. The Labute approximate surface area is 77.2 Å². The molecular formula is C8H15N3O2. The molecule has 0 aromatic carbocycles. The Kier molecular flexibility index (Phi) is 3.11. The number of likely N-dealkylation sites (N-methyl/N-ethyl adjacent to an activating group) is 1. The Morgan fingerprint density at radius 2 is 2.31 bits per heavy atom. The summed E-state index contributed by atoms with van der Waals surface area (Å²) >= 11 is 0. The van der Waals surface area contributed by atoms with Crippen LogP contribution in [0.5, 0.6) is 0 Å². The summed E-state index contributed by atoms with van der Waals surface area (Å²) in [6.45, 7) is 2.71. The molecule has 1 fully saturated rings. The lowest BCUT2D eigenvalue weighted by Gasteiger charge is -2.19. The predicted octanol–water partition coefficient (Wildman–Crippen LogP) is -0.00870. The van der Waals surface area contributed by atoms with Crippen LogP contribution in [0.4, 0.5) is 0 Å². The van der Waals surface area contributed by atoms with Gasteiger partial charge in [0.05, 0.1) is 6.54 Å². The summed E-state index contributed by atoms with van der Waals surface area (Å²) in [6.07, 6.45) is 1.96. The maximum Gasteiger partial charge on any atom is 0.226 e. The second-order valence-corrected chi connectivity index (χ2v) is 3.22. The summed E-state index contributed by atoms with van der Waals surface area (Å²) in [5, 5.41) is 11.2. The number of amides is 1. The summed E-state index contributed by atoms with van der Waals surface area (Å²) in [7, 11) is 0. The number of oxime groups is 1. The van der Waals surface area contributed by atoms with E-state index in [-0.39, 0.29) is 24.2 Å². The molecule has 0 spiro atoms. The van der Waals surface area contributed by atoms with Crippen LogP contribution in [0.1, 0.15) is 19.8 Å². The minimum atomic E-state index is 0.0795. The third kappa shape index (κ3) is 2.61. The molecule has 0 unspecified atom stereocenters. The van der Waals surface area contributed by atoms with E-state index in [4.69, 9.17) is 10.9 Å². The van der Waals surface area contributed by atoms with Crippen LogP contribution in [0.15, 0.2) is 5.16 Å². The van der Waals surface area contributed by atoms with Crippen LogP contribution in [-0.4, -0.2) is 34.9 Å². The third-order valence-electron chi connectivity index (χ3n) is 2.10. The fourth-order valence-electron chi connectivity index (χ4n) is 1.16. The van der Waals surface area contributed by atoms with Crippen molar-refractivity contribution < 1.29 is 10.0 Å². The van der Waals surface area contributed by atoms with Crippen LogP contribution in [0.3, 0.4) is 0 Å². The lowest BCUT2D eigenvalue weighted by molar-refractivity contribution is -0.131. The van der Waals surface area contributed by atoms with Crippen molar-refractivity contribution >= 4 is 11.7 Å². The largest absolute Gasteiger partial charge is 0.409 e. The molecule has 13 heavy (non-hydrogen) atoms. The maximum atomic E-state index is 11.5. The zero-order valence-corrected chi connectivity index (χ0v) is 7.73. The maximum absolute atomic E-state index is 11.5. The van der Waals surface area contributed by atoms with E-state index >= 15 is 0 Å². The molecule has 0 heterocycles. The van der Waals surface area contributed by atoms with Crippen molar-refractivity contribution in [3.8, 4) is 0 Å². The molecule has 0 bridgehead atoms. The molecule has 1 rings (SSSR count). The van der Waals surface area contributed by atoms with Gasteiger partial charge in [0.25, 0.3) is 0 Å². The van der Waals surface area contributed by atoms with Gasteiger partial charge in [0.15, 0.2) is 5.84 Å². The first kappa shape index (κ1) is 9.83. The fraction of sp³-hybridized carbons (Fsp3) is 0.750. The summed E-state index contributed by atoms with van der Waals surface area (Å²) in [6, 6.07) is 0. The highest BCUT2D eigenvalue weighted by Crippen LogP contribution is 2.30. The molecule has 1 saturated carbocycles. The number of nitrogens with zero attached hydrogens (tertiary/aromatic N) is 2. The highest BCUT2D eigenvalue weighted by atomic mass is 16.4. The van der Waals surface area contributed by atoms with Crippen molar-refractivity contribution in [2.45, 2.75) is 19.8 Å². The van der Waals surface area contributed by atoms with E-state index in [1.807, 2.05) is 6.92 Å². The van der Waals surface area contributed by atoms with E-state index in [2.05, 4.69) is 5.16 Å². The van der Waals surface area contributed by atoms with Gasteiger partial charge in [-0.05, 0) is 19.8 Å². The smallest absolute Gasteiger partial charge is 0.226 e. The van der Waals surface area contributed by atoms with Gasteiger partial charge in [-0.3, -0.25) is 4.79 Å². The molecule has 5 heteroatoms. The van der Waals surface area contributed by atoms with Gasteiger partial charge in [-0.2, -0.15) is 0 Å². The summed E-state index contributed by atoms with van der Waals surface area (Å²) in [4.78, 5) is 13.1. The van der Waals surface area contributed by atoms with Crippen LogP contribution >= 0.6 is 0 Å². The first-order valence-corrected chi connectivity index (χ1v) is 4.44. The van der Waals surface area contributed by atoms with Gasteiger partial charge in [-0.25, -0.2) is 0 Å². The van der Waals surface area contributed by atoms with Crippen molar-refractivity contribution in [2.24, 2.45) is 16.8 Å². The van der Waals surface area contributed by atoms with Crippen molar-refractivity contribution in [1.29, 1.82) is 0 Å². The molecular weight excluding hydrogens is 170 g/mol. The van der Waals surface area contributed by atoms with Gasteiger partial charge in [0.1, 0.15) is 0 Å². The van der Waals surface area contributed by atoms with E-state index in [0.29, 0.717) is 6.54 Å². The van der Waals surface area contributed by atoms with E-state index in [0.717, 1.165) is 12.8 Å². The number of rotatable bonds is 4. The molecule has 5 nitrogen and oxygen atoms in total. The SMILES string of the molecule is CCN(CC(N)=NO)C(=O)C1CC1. The fourth-order valence-corrected chi connectivity index (χ4v) is 1.16. The average molecular weight is 185 g/mol. The van der Waals surface area contributed by atoms with Crippen LogP contribution in [0.25, 0.3) is 0 Å². The highest BCUT2D eigenvalue weighted by molar-refractivity contribution is 5.88. The summed E-state index contributed by atoms with van der Waals surface area (Å²) in [5.74, 6) is 0.386. The lowest BCUT2D eigenvalue weighted by atomic mass is 10.3. The second kappa shape index (κ2) is 4.11. The third-order valence-corrected chi connectivity index (χ3v) is 2.10. The molecule has 1 aliphatic carbocycles. The molecule has 0 aromatic heterocycles. The van der Waals surface area contributed by atoms with Crippen LogP contribution in [0.2, 0.25) is 0 Å². The quantitative estimate of drug-likeness (QED) is 0.280. The van der Waals surface area contributed by atoms with E-state index < -0.39 is 0 Å². The Bertz CT molecular complexity index is 223. The number of nitrogens with two attached hydrogens (primary N) is 1. The molecule has 74 valence electrons. The lowest BCUT2D eigenvalue weighted by Crippen LogP contribution is -2.39. The van der Waals surface area contributed by atoms with Crippen molar-refractivity contribution in [2.75, 3.05) is 13.1 Å². The summed E-state index contributed by atoms with van der Waals surface area (Å²) < 4.78 is 0. The van der Waals surface area contributed by atoms with Gasteiger partial charge in [0, 0.05) is 12.5 Å². The Morgan fingerprint density at radius 3 is 2.69 bits per heavy atom. The van der Waals surface area contributed by atoms with Crippen LogP contribution < -0.4 is 5.73 Å². The zero-order chi connectivity index (χ0) is 9.84. The number of carbonyl (C=O) groups is 1. The topological polar surface area (TPSA) is 78.9 Å². The predicted molar refractivity (Wildman–Crippen MR) is 48.4 cm³/mol. The van der Waals surface area contributed by atoms with Gasteiger partial charge in [0.2, 0.25) is 5.91 Å². The van der Waals surface area contributed by atoms with Crippen molar-refractivity contribution in [1.82, 2.24) is 4.90 Å². The zero-order valence-electron chi connectivity index (χ0n) is 7.73. The van der Waals surface area contributed by atoms with Gasteiger partial charge in [-0.15, -0.1) is 0 Å². The van der Waals surface area contributed by atoms with E-state index in [1.54, 1.807) is 4.90 Å². The first-order chi connectivity index (χ1) is 6.19. The Hall–Kier alpha value is -1.26. The Morgan fingerprint density at radius 1 is 1.69 bits per heavy atom.